The van der Waals surface area contributed by atoms with Crippen LogP contribution in [0, 0.1) is 0 Å². The van der Waals surface area contributed by atoms with Gasteiger partial charge in [-0.25, -0.2) is 0 Å². The summed E-state index contributed by atoms with van der Waals surface area (Å²) in [4.78, 5) is 14.6. The number of hydrogen-bond donors (Lipinski definition) is 1. The molecular formula is C19H26N2O2. The molecule has 124 valence electrons. The molecule has 4 nitrogen and oxygen atoms in total. The fourth-order valence-electron chi connectivity index (χ4n) is 4.47. The zero-order valence-corrected chi connectivity index (χ0v) is 13.7. The summed E-state index contributed by atoms with van der Waals surface area (Å²) in [7, 11) is 0. The molecular weight excluding hydrogens is 288 g/mol. The second kappa shape index (κ2) is 6.25. The minimum Gasteiger partial charge on any atom is -0.373 e. The molecule has 23 heavy (non-hydrogen) atoms. The second-order valence-electron chi connectivity index (χ2n) is 7.44. The minimum absolute atomic E-state index is 0.0695. The van der Waals surface area contributed by atoms with Gasteiger partial charge in [0.05, 0.1) is 24.8 Å². The van der Waals surface area contributed by atoms with Crippen LogP contribution in [0.1, 0.15) is 49.7 Å². The number of nitrogens with zero attached hydrogens (tertiary/aromatic N) is 1. The fourth-order valence-corrected chi connectivity index (χ4v) is 4.47. The molecule has 2 fully saturated rings. The molecule has 1 aromatic carbocycles. The predicted octanol–water partition coefficient (Wildman–Crippen LogP) is 2.61. The van der Waals surface area contributed by atoms with Crippen LogP contribution in [-0.4, -0.2) is 35.6 Å². The van der Waals surface area contributed by atoms with Crippen molar-refractivity contribution < 1.29 is 9.53 Å². The van der Waals surface area contributed by atoms with Gasteiger partial charge in [-0.3, -0.25) is 9.69 Å². The quantitative estimate of drug-likeness (QED) is 0.932. The van der Waals surface area contributed by atoms with Gasteiger partial charge in [0, 0.05) is 13.1 Å². The average molecular weight is 314 g/mol. The van der Waals surface area contributed by atoms with Crippen LogP contribution in [0.2, 0.25) is 0 Å². The van der Waals surface area contributed by atoms with Crippen LogP contribution >= 0.6 is 0 Å². The molecule has 1 saturated heterocycles. The van der Waals surface area contributed by atoms with Gasteiger partial charge in [0.25, 0.3) is 0 Å². The third-order valence-corrected chi connectivity index (χ3v) is 5.61. The molecule has 4 rings (SSSR count). The number of nitrogens with one attached hydrogen (secondary N) is 1. The topological polar surface area (TPSA) is 41.6 Å². The molecule has 0 aromatic heterocycles. The predicted molar refractivity (Wildman–Crippen MR) is 88.9 cm³/mol. The molecule has 1 N–H and O–H groups in total. The molecule has 1 aliphatic carbocycles. The van der Waals surface area contributed by atoms with E-state index in [1.807, 2.05) is 0 Å². The number of amides is 1. The first kappa shape index (κ1) is 15.2. The summed E-state index contributed by atoms with van der Waals surface area (Å²) in [6.45, 7) is 2.94. The highest BCUT2D eigenvalue weighted by atomic mass is 16.5. The average Bonchev–Trinajstić information content (AvgIpc) is 3.11. The first-order chi connectivity index (χ1) is 11.2. The number of carbonyl (C=O) groups excluding carboxylic acids is 1. The van der Waals surface area contributed by atoms with Crippen molar-refractivity contribution in [3.8, 4) is 0 Å². The summed E-state index contributed by atoms with van der Waals surface area (Å²) in [6, 6.07) is 8.66. The highest BCUT2D eigenvalue weighted by Crippen LogP contribution is 2.39. The number of rotatable bonds is 3. The van der Waals surface area contributed by atoms with E-state index in [2.05, 4.69) is 34.5 Å². The molecule has 1 aromatic rings. The van der Waals surface area contributed by atoms with Crippen LogP contribution in [0.15, 0.2) is 24.3 Å². The van der Waals surface area contributed by atoms with E-state index in [-0.39, 0.29) is 17.6 Å². The Hall–Kier alpha value is -1.39. The van der Waals surface area contributed by atoms with E-state index in [1.54, 1.807) is 0 Å². The van der Waals surface area contributed by atoms with Crippen LogP contribution in [0.3, 0.4) is 0 Å². The molecule has 0 radical (unpaired) electrons. The zero-order valence-electron chi connectivity index (χ0n) is 13.7. The Bertz CT molecular complexity index is 555. The zero-order chi connectivity index (χ0) is 15.7. The van der Waals surface area contributed by atoms with E-state index >= 15 is 0 Å². The van der Waals surface area contributed by atoms with Crippen molar-refractivity contribution in [1.29, 1.82) is 0 Å². The smallest absolute Gasteiger partial charge is 0.234 e. The number of hydrogen-bond acceptors (Lipinski definition) is 3. The molecule has 3 aliphatic rings. The minimum atomic E-state index is 0.0695. The molecule has 1 amide bonds. The Morgan fingerprint density at radius 3 is 2.57 bits per heavy atom. The lowest BCUT2D eigenvalue weighted by Crippen LogP contribution is -2.42. The number of ether oxygens (including phenoxy) is 1. The Morgan fingerprint density at radius 1 is 1.17 bits per heavy atom. The van der Waals surface area contributed by atoms with Gasteiger partial charge in [0.2, 0.25) is 5.91 Å². The highest BCUT2D eigenvalue weighted by Gasteiger charge is 2.41. The molecule has 2 aliphatic heterocycles. The lowest BCUT2D eigenvalue weighted by molar-refractivity contribution is -0.123. The Labute approximate surface area is 138 Å². The van der Waals surface area contributed by atoms with Gasteiger partial charge in [0.15, 0.2) is 0 Å². The maximum Gasteiger partial charge on any atom is 0.234 e. The van der Waals surface area contributed by atoms with Crippen LogP contribution in [0.5, 0.6) is 0 Å². The second-order valence-corrected chi connectivity index (χ2v) is 7.44. The van der Waals surface area contributed by atoms with E-state index in [0.717, 1.165) is 19.5 Å². The molecule has 0 bridgehead atoms. The lowest BCUT2D eigenvalue weighted by Gasteiger charge is -2.32. The van der Waals surface area contributed by atoms with Crippen molar-refractivity contribution >= 4 is 5.91 Å². The van der Waals surface area contributed by atoms with Gasteiger partial charge in [-0.15, -0.1) is 0 Å². The largest absolute Gasteiger partial charge is 0.373 e. The van der Waals surface area contributed by atoms with E-state index in [4.69, 9.17) is 4.74 Å². The van der Waals surface area contributed by atoms with Gasteiger partial charge in [-0.1, -0.05) is 43.5 Å². The summed E-state index contributed by atoms with van der Waals surface area (Å²) in [5, 5.41) is 3.20. The van der Waals surface area contributed by atoms with Crippen LogP contribution in [0.25, 0.3) is 0 Å². The molecule has 1 spiro atoms. The van der Waals surface area contributed by atoms with Crippen molar-refractivity contribution in [3.05, 3.63) is 35.4 Å². The summed E-state index contributed by atoms with van der Waals surface area (Å²) in [5.74, 6) is 0.138. The van der Waals surface area contributed by atoms with Crippen LogP contribution < -0.4 is 5.32 Å². The number of benzene rings is 1. The monoisotopic (exact) mass is 314 g/mol. The van der Waals surface area contributed by atoms with Crippen molar-refractivity contribution in [2.24, 2.45) is 0 Å². The Kier molecular flexibility index (Phi) is 4.12. The van der Waals surface area contributed by atoms with Gasteiger partial charge in [-0.2, -0.15) is 0 Å². The van der Waals surface area contributed by atoms with Gasteiger partial charge >= 0.3 is 0 Å². The van der Waals surface area contributed by atoms with E-state index < -0.39 is 0 Å². The van der Waals surface area contributed by atoms with E-state index in [0.29, 0.717) is 13.2 Å². The van der Waals surface area contributed by atoms with E-state index in [9.17, 15) is 4.79 Å². The first-order valence-electron chi connectivity index (χ1n) is 8.95. The van der Waals surface area contributed by atoms with Gasteiger partial charge in [0.1, 0.15) is 0 Å². The Morgan fingerprint density at radius 2 is 1.87 bits per heavy atom. The number of carbonyl (C=O) groups is 1. The van der Waals surface area contributed by atoms with Crippen molar-refractivity contribution in [2.45, 2.75) is 63.3 Å². The molecule has 1 saturated carbocycles. The molecule has 1 atom stereocenters. The van der Waals surface area contributed by atoms with Crippen molar-refractivity contribution in [3.63, 3.8) is 0 Å². The van der Waals surface area contributed by atoms with Gasteiger partial charge in [-0.05, 0) is 30.4 Å². The highest BCUT2D eigenvalue weighted by molar-refractivity contribution is 5.78. The fraction of sp³-hybridized carbons (Fsp3) is 0.632. The molecule has 0 unspecified atom stereocenters. The van der Waals surface area contributed by atoms with Crippen molar-refractivity contribution in [2.75, 3.05) is 13.2 Å². The Balaban J connectivity index is 1.27. The summed E-state index contributed by atoms with van der Waals surface area (Å²) >= 11 is 0. The van der Waals surface area contributed by atoms with Crippen LogP contribution in [0.4, 0.5) is 0 Å². The maximum atomic E-state index is 12.4. The number of fused-ring (bicyclic) bond motifs is 1. The standard InChI is InChI=1S/C19H26N2O2/c22-18(13-21-11-15-6-2-3-7-16(15)12-21)20-17-10-19(23-14-17)8-4-1-5-9-19/h2-3,6-7,17H,1,4-5,8-14H2,(H,20,22)/t17-/m1/s1. The van der Waals surface area contributed by atoms with Crippen LogP contribution in [-0.2, 0) is 22.6 Å². The van der Waals surface area contributed by atoms with E-state index in [1.165, 1.54) is 43.2 Å². The molecule has 4 heteroatoms. The third kappa shape index (κ3) is 3.29. The van der Waals surface area contributed by atoms with Gasteiger partial charge < -0.3 is 10.1 Å². The maximum absolute atomic E-state index is 12.4. The SMILES string of the molecule is O=C(CN1Cc2ccccc2C1)N[C@H]1COC2(CCCCC2)C1. The summed E-state index contributed by atoms with van der Waals surface area (Å²) in [5.41, 5.74) is 2.77. The summed E-state index contributed by atoms with van der Waals surface area (Å²) in [6.07, 6.45) is 7.21. The summed E-state index contributed by atoms with van der Waals surface area (Å²) < 4.78 is 6.09. The third-order valence-electron chi connectivity index (χ3n) is 5.61. The molecule has 2 heterocycles. The lowest BCUT2D eigenvalue weighted by atomic mass is 9.82. The first-order valence-corrected chi connectivity index (χ1v) is 8.95. The van der Waals surface area contributed by atoms with Crippen molar-refractivity contribution in [1.82, 2.24) is 10.2 Å². The normalized spacial score (nSPS) is 26.3.